The Morgan fingerprint density at radius 2 is 1.97 bits per heavy atom. The second kappa shape index (κ2) is 9.78. The van der Waals surface area contributed by atoms with Gasteiger partial charge in [0.05, 0.1) is 24.9 Å². The van der Waals surface area contributed by atoms with Crippen LogP contribution in [-0.2, 0) is 19.8 Å². The average molecular weight is 427 g/mol. The number of nitrogens with one attached hydrogen (secondary N) is 1. The summed E-state index contributed by atoms with van der Waals surface area (Å²) in [5.74, 6) is 0.385. The summed E-state index contributed by atoms with van der Waals surface area (Å²) in [6.45, 7) is 4.79. The molecule has 7 nitrogen and oxygen atoms in total. The summed E-state index contributed by atoms with van der Waals surface area (Å²) in [7, 11) is 0. The molecule has 2 aliphatic heterocycles. The number of hydrogen-bond donors (Lipinski definition) is 2. The van der Waals surface area contributed by atoms with Gasteiger partial charge in [0.15, 0.2) is 12.9 Å². The van der Waals surface area contributed by atoms with E-state index in [1.54, 1.807) is 0 Å². The van der Waals surface area contributed by atoms with Gasteiger partial charge < -0.3 is 24.6 Å². The monoisotopic (exact) mass is 426 g/mol. The van der Waals surface area contributed by atoms with Crippen molar-refractivity contribution in [1.29, 1.82) is 0 Å². The fraction of sp³-hybridized carbons (Fsp3) is 0.458. The van der Waals surface area contributed by atoms with Crippen LogP contribution in [0.4, 0.5) is 0 Å². The van der Waals surface area contributed by atoms with Crippen LogP contribution in [0.2, 0.25) is 0 Å². The molecule has 0 spiro atoms. The van der Waals surface area contributed by atoms with Gasteiger partial charge in [-0.2, -0.15) is 0 Å². The molecule has 2 aromatic rings. The Morgan fingerprint density at radius 3 is 2.68 bits per heavy atom. The van der Waals surface area contributed by atoms with Crippen molar-refractivity contribution in [2.24, 2.45) is 0 Å². The smallest absolute Gasteiger partial charge is 0.258 e. The minimum Gasteiger partial charge on any atom is -0.484 e. The van der Waals surface area contributed by atoms with Gasteiger partial charge in [-0.25, -0.2) is 0 Å². The number of nitrogens with zero attached hydrogens (tertiary/aromatic N) is 1. The summed E-state index contributed by atoms with van der Waals surface area (Å²) in [4.78, 5) is 15.0. The van der Waals surface area contributed by atoms with Gasteiger partial charge in [-0.1, -0.05) is 42.5 Å². The van der Waals surface area contributed by atoms with Gasteiger partial charge in [0.1, 0.15) is 5.75 Å². The van der Waals surface area contributed by atoms with Gasteiger partial charge in [-0.05, 0) is 36.6 Å². The van der Waals surface area contributed by atoms with Gasteiger partial charge in [0.2, 0.25) is 0 Å². The van der Waals surface area contributed by atoms with Crippen LogP contribution in [-0.4, -0.2) is 67.8 Å². The predicted molar refractivity (Wildman–Crippen MR) is 116 cm³/mol. The van der Waals surface area contributed by atoms with Crippen molar-refractivity contribution in [3.8, 4) is 5.75 Å². The maximum Gasteiger partial charge on any atom is 0.258 e. The van der Waals surface area contributed by atoms with E-state index in [0.29, 0.717) is 45.0 Å². The lowest BCUT2D eigenvalue weighted by atomic mass is 9.78. The number of piperidine rings is 1. The number of carbonyl (C=O) groups is 1. The number of likely N-dealkylation sites (tertiary alicyclic amines) is 1. The molecular weight excluding hydrogens is 396 g/mol. The molecule has 31 heavy (non-hydrogen) atoms. The zero-order valence-corrected chi connectivity index (χ0v) is 17.8. The van der Waals surface area contributed by atoms with Crippen LogP contribution in [0, 0.1) is 6.92 Å². The lowest BCUT2D eigenvalue weighted by Gasteiger charge is -2.46. The second-order valence-corrected chi connectivity index (χ2v) is 8.19. The summed E-state index contributed by atoms with van der Waals surface area (Å²) in [5, 5.41) is 14.3. The van der Waals surface area contributed by atoms with Gasteiger partial charge in [0.25, 0.3) is 5.91 Å². The van der Waals surface area contributed by atoms with Gasteiger partial charge in [0, 0.05) is 19.6 Å². The highest BCUT2D eigenvalue weighted by atomic mass is 16.7. The minimum atomic E-state index is -0.873. The van der Waals surface area contributed by atoms with Crippen LogP contribution in [0.15, 0.2) is 54.6 Å². The van der Waals surface area contributed by atoms with E-state index in [1.807, 2.05) is 61.5 Å². The Kier molecular flexibility index (Phi) is 6.87. The van der Waals surface area contributed by atoms with E-state index in [0.717, 1.165) is 11.1 Å². The lowest BCUT2D eigenvalue weighted by molar-refractivity contribution is -0.130. The molecule has 7 heteroatoms. The molecule has 0 aliphatic carbocycles. The van der Waals surface area contributed by atoms with Crippen LogP contribution < -0.4 is 10.1 Å². The Bertz CT molecular complexity index is 871. The second-order valence-electron chi connectivity index (χ2n) is 8.19. The van der Waals surface area contributed by atoms with Crippen LogP contribution >= 0.6 is 0 Å². The fourth-order valence-corrected chi connectivity index (χ4v) is 4.31. The third-order valence-electron chi connectivity index (χ3n) is 5.93. The molecule has 2 aliphatic rings. The summed E-state index contributed by atoms with van der Waals surface area (Å²) in [6.07, 6.45) is -0.470. The van der Waals surface area contributed by atoms with E-state index >= 15 is 0 Å². The van der Waals surface area contributed by atoms with Crippen molar-refractivity contribution in [2.45, 2.75) is 31.3 Å². The number of benzene rings is 2. The Balaban J connectivity index is 1.45. The molecule has 2 N–H and O–H groups in total. The Morgan fingerprint density at radius 1 is 1.19 bits per heavy atom. The van der Waals surface area contributed by atoms with Crippen molar-refractivity contribution >= 4 is 5.91 Å². The largest absolute Gasteiger partial charge is 0.484 e. The summed E-state index contributed by atoms with van der Waals surface area (Å²) in [5.41, 5.74) is 1.08. The summed E-state index contributed by atoms with van der Waals surface area (Å²) < 4.78 is 16.8. The van der Waals surface area contributed by atoms with Crippen LogP contribution in [0.3, 0.4) is 0 Å². The van der Waals surface area contributed by atoms with Gasteiger partial charge >= 0.3 is 0 Å². The highest BCUT2D eigenvalue weighted by Gasteiger charge is 2.45. The summed E-state index contributed by atoms with van der Waals surface area (Å²) in [6, 6.07) is 17.3. The number of aliphatic hydroxyl groups excluding tert-OH is 1. The van der Waals surface area contributed by atoms with E-state index in [1.165, 1.54) is 0 Å². The topological polar surface area (TPSA) is 80.3 Å². The molecule has 0 bridgehead atoms. The maximum absolute atomic E-state index is 12.9. The van der Waals surface area contributed by atoms with Crippen molar-refractivity contribution in [1.82, 2.24) is 10.2 Å². The molecule has 0 radical (unpaired) electrons. The molecule has 0 saturated carbocycles. The molecule has 0 aromatic heterocycles. The van der Waals surface area contributed by atoms with Gasteiger partial charge in [-0.3, -0.25) is 9.69 Å². The van der Waals surface area contributed by atoms with E-state index < -0.39 is 11.6 Å². The molecule has 4 rings (SSSR count). The van der Waals surface area contributed by atoms with Crippen molar-refractivity contribution < 1.29 is 24.1 Å². The molecular formula is C24H30N2O5. The van der Waals surface area contributed by atoms with Crippen LogP contribution in [0.5, 0.6) is 5.75 Å². The van der Waals surface area contributed by atoms with E-state index in [9.17, 15) is 9.90 Å². The molecule has 2 aromatic carbocycles. The van der Waals surface area contributed by atoms with Crippen molar-refractivity contribution in [2.75, 3.05) is 39.5 Å². The van der Waals surface area contributed by atoms with Crippen molar-refractivity contribution in [3.63, 3.8) is 0 Å². The SMILES string of the molecule is Cc1cccc(OCC(=O)N[C@]2(c3ccccc3)CCN(CC3OCCO3)C[C@H]2O)c1. The standard InChI is InChI=1S/C24H30N2O5/c1-18-6-5-9-20(14-18)31-17-22(28)25-24(19-7-3-2-4-8-19)10-11-26(15-21(24)27)16-23-29-12-13-30-23/h2-9,14,21,23,27H,10-13,15-17H2,1H3,(H,25,28)/t21-,24+/m1/s1. The van der Waals surface area contributed by atoms with E-state index in [4.69, 9.17) is 14.2 Å². The first-order chi connectivity index (χ1) is 15.0. The van der Waals surface area contributed by atoms with E-state index in [-0.39, 0.29) is 18.8 Å². The molecule has 2 fully saturated rings. The molecule has 2 saturated heterocycles. The highest BCUT2D eigenvalue weighted by Crippen LogP contribution is 2.33. The first-order valence-electron chi connectivity index (χ1n) is 10.7. The first kappa shape index (κ1) is 21.8. The molecule has 2 atom stereocenters. The van der Waals surface area contributed by atoms with E-state index in [2.05, 4.69) is 10.2 Å². The lowest BCUT2D eigenvalue weighted by Crippen LogP contribution is -2.63. The number of carbonyl (C=O) groups excluding carboxylic acids is 1. The van der Waals surface area contributed by atoms with Crippen LogP contribution in [0.1, 0.15) is 17.5 Å². The van der Waals surface area contributed by atoms with Crippen LogP contribution in [0.25, 0.3) is 0 Å². The molecule has 0 unspecified atom stereocenters. The maximum atomic E-state index is 12.9. The fourth-order valence-electron chi connectivity index (χ4n) is 4.31. The number of hydrogen-bond acceptors (Lipinski definition) is 6. The Hall–Kier alpha value is -2.45. The predicted octanol–water partition coefficient (Wildman–Crippen LogP) is 1.83. The minimum absolute atomic E-state index is 0.113. The number of β-amino-alcohol motifs (C(OH)–C–C–N with tert-alkyl or cyclic N) is 1. The van der Waals surface area contributed by atoms with Gasteiger partial charge in [-0.15, -0.1) is 0 Å². The molecule has 2 heterocycles. The number of aliphatic hydroxyl groups is 1. The van der Waals surface area contributed by atoms with Crippen molar-refractivity contribution in [3.05, 3.63) is 65.7 Å². The summed E-state index contributed by atoms with van der Waals surface area (Å²) >= 11 is 0. The number of amides is 1. The first-order valence-corrected chi connectivity index (χ1v) is 10.7. The molecule has 1 amide bonds. The zero-order valence-electron chi connectivity index (χ0n) is 17.8. The normalized spacial score (nSPS) is 24.8. The third kappa shape index (κ3) is 5.25. The zero-order chi connectivity index (χ0) is 21.7. The highest BCUT2D eigenvalue weighted by molar-refractivity contribution is 5.78. The number of aryl methyl sites for hydroxylation is 1. The average Bonchev–Trinajstić information content (AvgIpc) is 3.28. The Labute approximate surface area is 182 Å². The third-order valence-corrected chi connectivity index (χ3v) is 5.93. The molecule has 166 valence electrons. The quantitative estimate of drug-likeness (QED) is 0.703. The number of rotatable bonds is 7. The number of ether oxygens (including phenoxy) is 3.